The average molecular weight is 382 g/mol. The second-order valence-corrected chi connectivity index (χ2v) is 7.52. The van der Waals surface area contributed by atoms with Gasteiger partial charge in [-0.05, 0) is 30.2 Å². The summed E-state index contributed by atoms with van der Waals surface area (Å²) in [5.74, 6) is 0.557. The maximum atomic E-state index is 13.7. The van der Waals surface area contributed by atoms with Gasteiger partial charge in [0.25, 0.3) is 5.91 Å². The molecule has 1 fully saturated rings. The molecule has 1 aliphatic heterocycles. The summed E-state index contributed by atoms with van der Waals surface area (Å²) in [5, 5.41) is 8.64. The number of aryl methyl sites for hydroxylation is 1. The highest BCUT2D eigenvalue weighted by Crippen LogP contribution is 2.28. The highest BCUT2D eigenvalue weighted by Gasteiger charge is 2.31. The fraction of sp³-hybridized carbons (Fsp3) is 0.400. The van der Waals surface area contributed by atoms with Crippen LogP contribution in [-0.2, 0) is 7.05 Å². The summed E-state index contributed by atoms with van der Waals surface area (Å²) in [6.07, 6.45) is 4.73. The monoisotopic (exact) mass is 382 g/mol. The molecule has 4 rings (SSSR count). The summed E-state index contributed by atoms with van der Waals surface area (Å²) in [6, 6.07) is 6.15. The van der Waals surface area contributed by atoms with Gasteiger partial charge in [-0.3, -0.25) is 9.48 Å². The number of hydrogen-bond donors (Lipinski definition) is 0. The van der Waals surface area contributed by atoms with Gasteiger partial charge in [0.1, 0.15) is 11.6 Å². The maximum absolute atomic E-state index is 13.7. The minimum absolute atomic E-state index is 0.0408. The van der Waals surface area contributed by atoms with Crippen LogP contribution in [0.25, 0.3) is 5.69 Å². The molecule has 1 atom stereocenters. The zero-order chi connectivity index (χ0) is 19.8. The maximum Gasteiger partial charge on any atom is 0.293 e. The van der Waals surface area contributed by atoms with E-state index in [4.69, 9.17) is 0 Å². The van der Waals surface area contributed by atoms with E-state index in [9.17, 15) is 9.18 Å². The first-order valence-electron chi connectivity index (χ1n) is 9.43. The molecule has 3 heterocycles. The molecule has 3 aromatic rings. The van der Waals surface area contributed by atoms with Gasteiger partial charge < -0.3 is 4.90 Å². The molecule has 2 aromatic heterocycles. The summed E-state index contributed by atoms with van der Waals surface area (Å²) in [6.45, 7) is 5.23. The lowest BCUT2D eigenvalue weighted by molar-refractivity contribution is 0.0778. The van der Waals surface area contributed by atoms with Crippen molar-refractivity contribution in [3.63, 3.8) is 0 Å². The molecule has 0 saturated carbocycles. The Labute approximate surface area is 162 Å². The first kappa shape index (κ1) is 18.3. The topological polar surface area (TPSA) is 68.8 Å². The molecule has 8 heteroatoms. The fourth-order valence-corrected chi connectivity index (χ4v) is 3.60. The van der Waals surface area contributed by atoms with Crippen LogP contribution in [-0.4, -0.2) is 48.4 Å². The lowest BCUT2D eigenvalue weighted by atomic mass is 10.0. The molecule has 0 radical (unpaired) electrons. The molecule has 1 amide bonds. The second-order valence-electron chi connectivity index (χ2n) is 7.52. The molecule has 1 unspecified atom stereocenters. The van der Waals surface area contributed by atoms with E-state index < -0.39 is 0 Å². The third kappa shape index (κ3) is 3.42. The second kappa shape index (κ2) is 7.18. The number of aromatic nitrogens is 5. The SMILES string of the molecule is CC(C)c1nc(C(=O)N2CCC(c3cnn(C)c3)C2)nn1-c1cccc(F)c1. The van der Waals surface area contributed by atoms with Crippen LogP contribution < -0.4 is 0 Å². The highest BCUT2D eigenvalue weighted by molar-refractivity contribution is 5.90. The molecular weight excluding hydrogens is 359 g/mol. The molecule has 0 N–H and O–H groups in total. The van der Waals surface area contributed by atoms with Gasteiger partial charge in [-0.15, -0.1) is 5.10 Å². The van der Waals surface area contributed by atoms with Crippen molar-refractivity contribution in [3.8, 4) is 5.69 Å². The van der Waals surface area contributed by atoms with Gasteiger partial charge in [0.05, 0.1) is 11.9 Å². The number of likely N-dealkylation sites (tertiary alicyclic amines) is 1. The zero-order valence-electron chi connectivity index (χ0n) is 16.2. The van der Waals surface area contributed by atoms with Gasteiger partial charge in [0, 0.05) is 38.2 Å². The van der Waals surface area contributed by atoms with Crippen LogP contribution in [0.15, 0.2) is 36.7 Å². The molecule has 0 spiro atoms. The van der Waals surface area contributed by atoms with Gasteiger partial charge in [0.2, 0.25) is 5.82 Å². The Hall–Kier alpha value is -3.03. The van der Waals surface area contributed by atoms with Gasteiger partial charge in [0.15, 0.2) is 0 Å². The van der Waals surface area contributed by atoms with Crippen LogP contribution in [0.2, 0.25) is 0 Å². The number of nitrogens with zero attached hydrogens (tertiary/aromatic N) is 6. The normalized spacial score (nSPS) is 16.9. The number of rotatable bonds is 4. The molecule has 28 heavy (non-hydrogen) atoms. The van der Waals surface area contributed by atoms with Gasteiger partial charge >= 0.3 is 0 Å². The van der Waals surface area contributed by atoms with Crippen molar-refractivity contribution in [2.45, 2.75) is 32.1 Å². The highest BCUT2D eigenvalue weighted by atomic mass is 19.1. The Morgan fingerprint density at radius 3 is 2.82 bits per heavy atom. The molecule has 146 valence electrons. The van der Waals surface area contributed by atoms with Crippen molar-refractivity contribution in [2.24, 2.45) is 7.05 Å². The molecule has 7 nitrogen and oxygen atoms in total. The van der Waals surface area contributed by atoms with Gasteiger partial charge in [-0.2, -0.15) is 5.10 Å². The average Bonchev–Trinajstić information content (AvgIpc) is 3.40. The molecular formula is C20H23FN6O. The molecule has 1 aromatic carbocycles. The predicted octanol–water partition coefficient (Wildman–Crippen LogP) is 2.89. The lowest BCUT2D eigenvalue weighted by Gasteiger charge is -2.13. The van der Waals surface area contributed by atoms with E-state index in [1.165, 1.54) is 12.1 Å². The Bertz CT molecular complexity index is 1010. The van der Waals surface area contributed by atoms with Crippen LogP contribution in [0.4, 0.5) is 4.39 Å². The van der Waals surface area contributed by atoms with E-state index in [2.05, 4.69) is 15.2 Å². The molecule has 0 aliphatic carbocycles. The number of hydrogen-bond acceptors (Lipinski definition) is 4. The Morgan fingerprint density at radius 1 is 1.32 bits per heavy atom. The minimum Gasteiger partial charge on any atom is -0.335 e. The van der Waals surface area contributed by atoms with E-state index in [-0.39, 0.29) is 29.4 Å². The largest absolute Gasteiger partial charge is 0.335 e. The van der Waals surface area contributed by atoms with Gasteiger partial charge in [-0.1, -0.05) is 19.9 Å². The molecule has 1 aliphatic rings. The lowest BCUT2D eigenvalue weighted by Crippen LogP contribution is -2.29. The number of amides is 1. The fourth-order valence-electron chi connectivity index (χ4n) is 3.60. The first-order valence-corrected chi connectivity index (χ1v) is 9.43. The first-order chi connectivity index (χ1) is 13.4. The van der Waals surface area contributed by atoms with Crippen LogP contribution in [0.1, 0.15) is 54.1 Å². The summed E-state index contributed by atoms with van der Waals surface area (Å²) < 4.78 is 17.0. The zero-order valence-corrected chi connectivity index (χ0v) is 16.2. The summed E-state index contributed by atoms with van der Waals surface area (Å²) in [7, 11) is 1.89. The van der Waals surface area contributed by atoms with Crippen LogP contribution in [0.5, 0.6) is 0 Å². The van der Waals surface area contributed by atoms with Crippen molar-refractivity contribution in [1.29, 1.82) is 0 Å². The van der Waals surface area contributed by atoms with Crippen LogP contribution >= 0.6 is 0 Å². The predicted molar refractivity (Wildman–Crippen MR) is 102 cm³/mol. The summed E-state index contributed by atoms with van der Waals surface area (Å²) in [4.78, 5) is 19.3. The minimum atomic E-state index is -0.352. The van der Waals surface area contributed by atoms with Crippen molar-refractivity contribution < 1.29 is 9.18 Å². The van der Waals surface area contributed by atoms with Crippen LogP contribution in [0.3, 0.4) is 0 Å². The third-order valence-corrected chi connectivity index (χ3v) is 5.06. The van der Waals surface area contributed by atoms with Crippen molar-refractivity contribution >= 4 is 5.91 Å². The third-order valence-electron chi connectivity index (χ3n) is 5.06. The van der Waals surface area contributed by atoms with E-state index in [0.717, 1.165) is 12.0 Å². The summed E-state index contributed by atoms with van der Waals surface area (Å²) in [5.41, 5.74) is 1.70. The Kier molecular flexibility index (Phi) is 4.70. The van der Waals surface area contributed by atoms with Crippen LogP contribution in [0, 0.1) is 5.82 Å². The number of carbonyl (C=O) groups is 1. The van der Waals surface area contributed by atoms with E-state index >= 15 is 0 Å². The quantitative estimate of drug-likeness (QED) is 0.696. The van der Waals surface area contributed by atoms with E-state index in [0.29, 0.717) is 24.6 Å². The number of carbonyl (C=O) groups excluding carboxylic acids is 1. The van der Waals surface area contributed by atoms with Crippen molar-refractivity contribution in [2.75, 3.05) is 13.1 Å². The van der Waals surface area contributed by atoms with Gasteiger partial charge in [-0.25, -0.2) is 14.1 Å². The summed E-state index contributed by atoms with van der Waals surface area (Å²) >= 11 is 0. The molecule has 1 saturated heterocycles. The smallest absolute Gasteiger partial charge is 0.293 e. The van der Waals surface area contributed by atoms with E-state index in [1.807, 2.05) is 33.3 Å². The molecule has 0 bridgehead atoms. The number of halogens is 1. The Morgan fingerprint density at radius 2 is 2.14 bits per heavy atom. The number of benzene rings is 1. The Balaban J connectivity index is 1.59. The van der Waals surface area contributed by atoms with E-state index in [1.54, 1.807) is 26.4 Å². The standard InChI is InChI=1S/C20H23FN6O/c1-13(2)19-23-18(24-27(19)17-6-4-5-16(21)9-17)20(28)26-8-7-14(12-26)15-10-22-25(3)11-15/h4-6,9-11,13-14H,7-8,12H2,1-3H3. The van der Waals surface area contributed by atoms with Crippen molar-refractivity contribution in [1.82, 2.24) is 29.4 Å². The van der Waals surface area contributed by atoms with Crippen molar-refractivity contribution in [3.05, 3.63) is 59.7 Å².